The molecule has 5 N–H and O–H groups in total. The quantitative estimate of drug-likeness (QED) is 0.0642. The third-order valence-corrected chi connectivity index (χ3v) is 13.1. The summed E-state index contributed by atoms with van der Waals surface area (Å²) in [7, 11) is 74.6. The molecule has 10 nitrogen and oxygen atoms in total. The average Bonchev–Trinajstić information content (AvgIpc) is 0.822. The normalized spacial score (nSPS) is 10.1. The monoisotopic (exact) mass is 1900 g/mol. The summed E-state index contributed by atoms with van der Waals surface area (Å²) in [6.07, 6.45) is 8.42. The zero-order valence-corrected chi connectivity index (χ0v) is 75.5. The number of hydrogen-bond acceptors (Lipinski definition) is 10. The summed E-state index contributed by atoms with van der Waals surface area (Å²) in [5, 5.41) is 51.6. The zero-order chi connectivity index (χ0) is 78.7. The molecule has 0 spiro atoms. The second kappa shape index (κ2) is 59.0. The van der Waals surface area contributed by atoms with Crippen LogP contribution < -0.4 is 0 Å². The van der Waals surface area contributed by atoms with Crippen LogP contribution in [0.2, 0.25) is 0 Å². The van der Waals surface area contributed by atoms with Crippen LogP contribution in [0.15, 0.2) is 322 Å². The second-order valence-electron chi connectivity index (χ2n) is 20.5. The summed E-state index contributed by atoms with van der Waals surface area (Å²) >= 11 is -9.58. The predicted octanol–water partition coefficient (Wildman–Crippen LogP) is 29.5. The fourth-order valence-electron chi connectivity index (χ4n) is 8.39. The van der Waals surface area contributed by atoms with Crippen LogP contribution in [0.4, 0.5) is 28.4 Å². The van der Waals surface area contributed by atoms with Gasteiger partial charge in [-0.15, -0.1) is 0 Å². The van der Waals surface area contributed by atoms with Crippen molar-refractivity contribution in [2.45, 2.75) is 13.8 Å². The molecule has 0 aliphatic carbocycles. The van der Waals surface area contributed by atoms with Crippen molar-refractivity contribution in [3.63, 3.8) is 0 Å². The van der Waals surface area contributed by atoms with Gasteiger partial charge in [0.25, 0.3) is 0 Å². The molecule has 0 atom stereocenters. The van der Waals surface area contributed by atoms with Gasteiger partial charge < -0.3 is 25.5 Å². The van der Waals surface area contributed by atoms with E-state index in [2.05, 4.69) is 25.0 Å². The maximum absolute atomic E-state index is 10.4. The first-order valence-electron chi connectivity index (χ1n) is 30.8. The van der Waals surface area contributed by atoms with Crippen molar-refractivity contribution in [1.82, 2.24) is 0 Å². The molecular weight excluding hydrogens is 1850 g/mol. The number of fused-ring (bicyclic) bond motifs is 1. The molecule has 12 rings (SSSR count). The number of aryl methyl sites for hydroxylation is 2. The minimum atomic E-state index is -1.92. The topological polar surface area (TPSA) is 163 Å². The number of aromatic hydroxyl groups is 5. The van der Waals surface area contributed by atoms with E-state index in [1.54, 1.807) is 49.3 Å². The molecule has 0 radical (unpaired) electrons. The van der Waals surface area contributed by atoms with E-state index in [1.165, 1.54) is 0 Å². The molecule has 0 unspecified atom stereocenters. The molecule has 107 heavy (non-hydrogen) atoms. The first kappa shape index (κ1) is 97.4. The molecule has 0 amide bonds. The van der Waals surface area contributed by atoms with Crippen LogP contribution >= 0.6 is 140 Å². The van der Waals surface area contributed by atoms with Gasteiger partial charge in [-0.25, -0.2) is 0 Å². The van der Waals surface area contributed by atoms with Gasteiger partial charge in [-0.3, -0.25) is 25.0 Å². The number of rotatable bonds is 11. The third kappa shape index (κ3) is 45.5. The van der Waals surface area contributed by atoms with E-state index in [9.17, 15) is 25.5 Å². The van der Waals surface area contributed by atoms with E-state index in [-0.39, 0.29) is 17.2 Å². The van der Waals surface area contributed by atoms with Crippen LogP contribution in [0, 0.1) is 13.8 Å². The van der Waals surface area contributed by atoms with Crippen LogP contribution in [0.3, 0.4) is 0 Å². The van der Waals surface area contributed by atoms with Crippen molar-refractivity contribution in [3.05, 3.63) is 336 Å². The van der Waals surface area contributed by atoms with Crippen LogP contribution in [0.5, 0.6) is 28.7 Å². The Balaban J connectivity index is 0.000000327. The predicted molar refractivity (Wildman–Crippen MR) is 449 cm³/mol. The van der Waals surface area contributed by atoms with E-state index >= 15 is 0 Å². The second-order valence-corrected chi connectivity index (χ2v) is 59.1. The number of aliphatic imine (C=N–C) groups is 5. The van der Waals surface area contributed by atoms with E-state index < -0.39 is 73.4 Å². The molecule has 0 saturated carbocycles. The van der Waals surface area contributed by atoms with Gasteiger partial charge in [0.15, 0.2) is 0 Å². The van der Waals surface area contributed by atoms with E-state index in [0.717, 1.165) is 83.7 Å². The summed E-state index contributed by atoms with van der Waals surface area (Å²) in [5.41, 5.74) is 11.5. The minimum absolute atomic E-state index is 0.247. The molecule has 0 aliphatic rings. The summed E-state index contributed by atoms with van der Waals surface area (Å²) in [5.74, 6) is 1.34. The van der Waals surface area contributed by atoms with E-state index in [4.69, 9.17) is 140 Å². The van der Waals surface area contributed by atoms with Crippen LogP contribution in [-0.4, -0.2) is 56.6 Å². The van der Waals surface area contributed by atoms with Crippen molar-refractivity contribution in [3.8, 4) is 39.9 Å². The summed E-state index contributed by atoms with van der Waals surface area (Å²) in [4.78, 5) is 21.6. The van der Waals surface area contributed by atoms with Gasteiger partial charge in [-0.2, -0.15) is 0 Å². The van der Waals surface area contributed by atoms with Gasteiger partial charge in [0.2, 0.25) is 0 Å². The Labute approximate surface area is 713 Å². The van der Waals surface area contributed by atoms with Crippen LogP contribution in [-0.2, 0) is 73.4 Å². The number of para-hydroxylation sites is 9. The molecule has 0 bridgehead atoms. The van der Waals surface area contributed by atoms with Crippen molar-refractivity contribution in [2.75, 3.05) is 0 Å². The first-order chi connectivity index (χ1) is 51.2. The Morgan fingerprint density at radius 1 is 0.243 bits per heavy atom. The van der Waals surface area contributed by atoms with Gasteiger partial charge in [0, 0.05) is 64.5 Å². The molecule has 30 heteroatoms. The average molecular weight is 1910 g/mol. The molecule has 0 aromatic heterocycles. The number of phenols is 5. The Hall–Kier alpha value is -3.83. The molecule has 0 heterocycles. The molecule has 12 aromatic carbocycles. The summed E-state index contributed by atoms with van der Waals surface area (Å²) < 4.78 is 0. The standard InChI is InChI=1S/C19H15NO.C17H13NO.2C14H13NO.C13H11NO.15ClH.5Ti/c21-19-16(14-20-17-11-5-2-6-12-17)10-7-13-18(19)15-8-3-1-4-9-15;19-17-11-10-13-6-4-5-9-15(13)16(17)12-18-14-7-2-1-3-8-14;2*1-11-6-5-7-12(14(11)16)10-15-13-8-3-2-4-9-13;15-13-9-5-4-6-11(13)10-14-12-7-2-1-3-8-12;;;;;;;;;;;;;;;;;;;;/h1-14,21H;1-12,19H;2*2-10,16H,1H3;1-10,15H;15*1H;;;;;/q;;;;;;;;;;;;;;;;;;;;5*+3/p-15. The van der Waals surface area contributed by atoms with Crippen molar-refractivity contribution >= 4 is 210 Å². The fourth-order valence-corrected chi connectivity index (χ4v) is 8.39. The molecule has 0 aliphatic heterocycles. The van der Waals surface area contributed by atoms with Crippen LogP contribution in [0.1, 0.15) is 38.9 Å². The molecular formula is C77H65Cl15N5O5Ti5. The molecule has 12 aromatic rings. The van der Waals surface area contributed by atoms with Crippen molar-refractivity contribution < 1.29 is 99.0 Å². The molecule has 553 valence electrons. The molecule has 0 fully saturated rings. The maximum atomic E-state index is 10.4. The number of halogens is 15. The SMILES string of the molecule is Cc1cccc(C=Nc2ccccc2)c1O.Cc1cccc(C=Nc2ccccc2)c1O.Oc1c(C=Nc2ccccc2)cccc1-c1ccccc1.Oc1ccc2ccccc2c1C=Nc1ccccc1.Oc1ccccc1C=Nc1ccccc1.[Cl][Ti]([Cl])[Cl].[Cl][Ti]([Cl])[Cl].[Cl][Ti]([Cl])[Cl].[Cl][Ti]([Cl])[Cl].[Cl][Ti]([Cl])[Cl]. The number of benzene rings is 12. The van der Waals surface area contributed by atoms with Gasteiger partial charge >= 0.3 is 213 Å². The van der Waals surface area contributed by atoms with Gasteiger partial charge in [0.05, 0.1) is 28.4 Å². The van der Waals surface area contributed by atoms with Gasteiger partial charge in [-0.05, 0) is 138 Å². The van der Waals surface area contributed by atoms with E-state index in [1.807, 2.05) is 293 Å². The Morgan fingerprint density at radius 3 is 0.869 bits per heavy atom. The number of hydrogen-bond donors (Lipinski definition) is 5. The van der Waals surface area contributed by atoms with Gasteiger partial charge in [0.1, 0.15) is 28.7 Å². The Morgan fingerprint density at radius 2 is 0.514 bits per heavy atom. The number of phenolic OH excluding ortho intramolecular Hbond substituents is 5. The zero-order valence-electron chi connectivity index (χ0n) is 56.3. The summed E-state index contributed by atoms with van der Waals surface area (Å²) in [6.45, 7) is 3.74. The Kier molecular flexibility index (Phi) is 53.7. The van der Waals surface area contributed by atoms with Crippen molar-refractivity contribution in [2.24, 2.45) is 25.0 Å². The van der Waals surface area contributed by atoms with Crippen LogP contribution in [0.25, 0.3) is 21.9 Å². The number of nitrogens with zero attached hydrogens (tertiary/aromatic N) is 5. The van der Waals surface area contributed by atoms with Crippen molar-refractivity contribution in [1.29, 1.82) is 0 Å². The summed E-state index contributed by atoms with van der Waals surface area (Å²) in [6, 6.07) is 93.7. The third-order valence-electron chi connectivity index (χ3n) is 13.1. The first-order valence-corrected chi connectivity index (χ1v) is 63.0. The van der Waals surface area contributed by atoms with E-state index in [0.29, 0.717) is 17.1 Å². The van der Waals surface area contributed by atoms with Gasteiger partial charge in [-0.1, -0.05) is 200 Å². The fraction of sp³-hybridized carbons (Fsp3) is 0.0260. The molecule has 0 saturated heterocycles. The Bertz CT molecular complexity index is 4440.